The maximum absolute atomic E-state index is 2.47. The molecule has 0 aliphatic rings. The van der Waals surface area contributed by atoms with Gasteiger partial charge >= 0.3 is 0 Å². The summed E-state index contributed by atoms with van der Waals surface area (Å²) >= 11 is 0. The van der Waals surface area contributed by atoms with E-state index in [1.807, 2.05) is 0 Å². The van der Waals surface area contributed by atoms with Crippen molar-refractivity contribution >= 4 is 64.9 Å². The van der Waals surface area contributed by atoms with Gasteiger partial charge in [0.2, 0.25) is 0 Å². The number of para-hydroxylation sites is 1. The van der Waals surface area contributed by atoms with Crippen LogP contribution in [0.1, 0.15) is 0 Å². The first-order valence-corrected chi connectivity index (χ1v) is 12.1. The summed E-state index contributed by atoms with van der Waals surface area (Å²) < 4.78 is 2.47. The van der Waals surface area contributed by atoms with Crippen LogP contribution in [0.3, 0.4) is 0 Å². The lowest BCUT2D eigenvalue weighted by molar-refractivity contribution is 1.19. The fourth-order valence-corrected chi connectivity index (χ4v) is 6.03. The molecule has 0 radical (unpaired) electrons. The normalized spacial score (nSPS) is 12.0. The van der Waals surface area contributed by atoms with E-state index < -0.39 is 0 Å². The Bertz CT molecular complexity index is 2110. The number of rotatable bonds is 1. The van der Waals surface area contributed by atoms with Crippen LogP contribution >= 0.6 is 0 Å². The second-order valence-electron chi connectivity index (χ2n) is 9.36. The highest BCUT2D eigenvalue weighted by atomic mass is 15.0. The van der Waals surface area contributed by atoms with E-state index in [4.69, 9.17) is 0 Å². The lowest BCUT2D eigenvalue weighted by atomic mass is 9.93. The molecule has 0 spiro atoms. The van der Waals surface area contributed by atoms with E-state index in [1.54, 1.807) is 0 Å². The Hall–Kier alpha value is -4.62. The van der Waals surface area contributed by atoms with Gasteiger partial charge in [0.1, 0.15) is 0 Å². The highest BCUT2D eigenvalue weighted by molar-refractivity contribution is 6.36. The minimum absolute atomic E-state index is 1.19. The van der Waals surface area contributed by atoms with Gasteiger partial charge in [-0.3, -0.25) is 0 Å². The molecule has 1 heterocycles. The third-order valence-corrected chi connectivity index (χ3v) is 7.52. The van der Waals surface area contributed by atoms with Gasteiger partial charge < -0.3 is 4.57 Å². The maximum atomic E-state index is 2.47. The summed E-state index contributed by atoms with van der Waals surface area (Å²) in [4.78, 5) is 0. The summed E-state index contributed by atoms with van der Waals surface area (Å²) in [6, 6.07) is 46.5. The Labute approximate surface area is 202 Å². The van der Waals surface area contributed by atoms with E-state index in [1.165, 1.54) is 70.6 Å². The van der Waals surface area contributed by atoms with Gasteiger partial charge in [0, 0.05) is 21.8 Å². The highest BCUT2D eigenvalue weighted by Crippen LogP contribution is 2.44. The molecule has 8 aromatic rings. The van der Waals surface area contributed by atoms with Crippen LogP contribution in [0, 0.1) is 0 Å². The maximum Gasteiger partial charge on any atom is 0.0625 e. The third kappa shape index (κ3) is 2.53. The van der Waals surface area contributed by atoms with Crippen LogP contribution in [-0.2, 0) is 0 Å². The van der Waals surface area contributed by atoms with Crippen LogP contribution in [0.4, 0.5) is 0 Å². The fourth-order valence-electron chi connectivity index (χ4n) is 6.03. The molecule has 1 nitrogen and oxygen atoms in total. The minimum atomic E-state index is 1.19. The molecule has 0 saturated carbocycles. The van der Waals surface area contributed by atoms with E-state index in [-0.39, 0.29) is 0 Å². The van der Waals surface area contributed by atoms with Crippen molar-refractivity contribution in [3.63, 3.8) is 0 Å². The van der Waals surface area contributed by atoms with Gasteiger partial charge in [-0.05, 0) is 55.9 Å². The topological polar surface area (TPSA) is 4.93 Å². The Morgan fingerprint density at radius 3 is 1.86 bits per heavy atom. The lowest BCUT2D eigenvalue weighted by Gasteiger charge is -2.14. The number of fused-ring (bicyclic) bond motifs is 11. The predicted molar refractivity (Wildman–Crippen MR) is 151 cm³/mol. The van der Waals surface area contributed by atoms with Crippen molar-refractivity contribution in [2.75, 3.05) is 0 Å². The van der Waals surface area contributed by atoms with E-state index in [0.29, 0.717) is 0 Å². The summed E-state index contributed by atoms with van der Waals surface area (Å²) in [6.07, 6.45) is 0. The third-order valence-electron chi connectivity index (χ3n) is 7.52. The molecule has 0 atom stereocenters. The second kappa shape index (κ2) is 6.94. The molecule has 0 bridgehead atoms. The van der Waals surface area contributed by atoms with Gasteiger partial charge in [-0.2, -0.15) is 0 Å². The summed E-state index contributed by atoms with van der Waals surface area (Å²) in [5, 5.41) is 13.0. The van der Waals surface area contributed by atoms with Gasteiger partial charge in [-0.15, -0.1) is 0 Å². The van der Waals surface area contributed by atoms with Crippen molar-refractivity contribution in [3.05, 3.63) is 127 Å². The van der Waals surface area contributed by atoms with Crippen LogP contribution in [-0.4, -0.2) is 4.57 Å². The van der Waals surface area contributed by atoms with Crippen molar-refractivity contribution in [2.24, 2.45) is 0 Å². The average Bonchev–Trinajstić information content (AvgIpc) is 3.28. The van der Waals surface area contributed by atoms with Gasteiger partial charge in [-0.25, -0.2) is 0 Å². The molecule has 0 unspecified atom stereocenters. The zero-order chi connectivity index (χ0) is 22.9. The molecule has 8 rings (SSSR count). The summed E-state index contributed by atoms with van der Waals surface area (Å²) in [5.74, 6) is 0. The summed E-state index contributed by atoms with van der Waals surface area (Å²) in [6.45, 7) is 0. The fraction of sp³-hybridized carbons (Fsp3) is 0. The van der Waals surface area contributed by atoms with Crippen molar-refractivity contribution in [3.8, 4) is 5.69 Å². The molecule has 1 heteroatoms. The molecule has 0 saturated heterocycles. The van der Waals surface area contributed by atoms with Gasteiger partial charge in [-0.1, -0.05) is 109 Å². The first-order chi connectivity index (χ1) is 17.4. The largest absolute Gasteiger partial charge is 0.309 e. The molecule has 35 heavy (non-hydrogen) atoms. The molecule has 1 aromatic heterocycles. The standard InChI is InChI=1S/C34H21N/c1-2-11-24-21-25(19-17-22(24)9-1)35-31-16-8-7-15-29(31)33-30-20-18-23-10-3-4-12-26(23)32(30)27-13-5-6-14-28(27)34(33)35/h1-21H. The zero-order valence-electron chi connectivity index (χ0n) is 19.1. The van der Waals surface area contributed by atoms with E-state index in [2.05, 4.69) is 132 Å². The minimum Gasteiger partial charge on any atom is -0.309 e. The lowest BCUT2D eigenvalue weighted by Crippen LogP contribution is -1.95. The number of aromatic nitrogens is 1. The zero-order valence-corrected chi connectivity index (χ0v) is 19.1. The first kappa shape index (κ1) is 18.8. The summed E-state index contributed by atoms with van der Waals surface area (Å²) in [5.41, 5.74) is 3.71. The summed E-state index contributed by atoms with van der Waals surface area (Å²) in [7, 11) is 0. The SMILES string of the molecule is c1ccc2cc(-n3c4ccccc4c4c5ccc6ccccc6c5c5ccccc5c43)ccc2c1. The molecule has 0 aliphatic heterocycles. The van der Waals surface area contributed by atoms with Gasteiger partial charge in [0.05, 0.1) is 11.0 Å². The van der Waals surface area contributed by atoms with Crippen LogP contribution in [0.5, 0.6) is 0 Å². The van der Waals surface area contributed by atoms with Crippen LogP contribution in [0.2, 0.25) is 0 Å². The Morgan fingerprint density at radius 2 is 1.00 bits per heavy atom. The number of benzene rings is 7. The van der Waals surface area contributed by atoms with E-state index in [9.17, 15) is 0 Å². The van der Waals surface area contributed by atoms with E-state index in [0.717, 1.165) is 0 Å². The Morgan fingerprint density at radius 1 is 0.371 bits per heavy atom. The quantitative estimate of drug-likeness (QED) is 0.223. The number of hydrogen-bond acceptors (Lipinski definition) is 0. The number of hydrogen-bond donors (Lipinski definition) is 0. The predicted octanol–water partition coefficient (Wildman–Crippen LogP) is 9.40. The first-order valence-electron chi connectivity index (χ1n) is 12.1. The molecule has 0 amide bonds. The molecular weight excluding hydrogens is 422 g/mol. The van der Waals surface area contributed by atoms with E-state index >= 15 is 0 Å². The van der Waals surface area contributed by atoms with Crippen LogP contribution in [0.15, 0.2) is 127 Å². The van der Waals surface area contributed by atoms with Gasteiger partial charge in [0.25, 0.3) is 0 Å². The van der Waals surface area contributed by atoms with Crippen LogP contribution < -0.4 is 0 Å². The molecule has 0 fully saturated rings. The smallest absolute Gasteiger partial charge is 0.0625 e. The van der Waals surface area contributed by atoms with Crippen molar-refractivity contribution in [1.82, 2.24) is 4.57 Å². The molecule has 0 N–H and O–H groups in total. The monoisotopic (exact) mass is 443 g/mol. The Kier molecular flexibility index (Phi) is 3.72. The second-order valence-corrected chi connectivity index (χ2v) is 9.36. The molecule has 0 aliphatic carbocycles. The molecular formula is C34H21N. The number of nitrogens with zero attached hydrogens (tertiary/aromatic N) is 1. The Balaban J connectivity index is 1.67. The van der Waals surface area contributed by atoms with Gasteiger partial charge in [0.15, 0.2) is 0 Å². The van der Waals surface area contributed by atoms with Crippen molar-refractivity contribution in [1.29, 1.82) is 0 Å². The molecule has 162 valence electrons. The van der Waals surface area contributed by atoms with Crippen molar-refractivity contribution in [2.45, 2.75) is 0 Å². The average molecular weight is 444 g/mol. The molecule has 7 aromatic carbocycles. The van der Waals surface area contributed by atoms with Crippen LogP contribution in [0.25, 0.3) is 70.6 Å². The van der Waals surface area contributed by atoms with Crippen molar-refractivity contribution < 1.29 is 0 Å². The highest BCUT2D eigenvalue weighted by Gasteiger charge is 2.19.